The number of carbonyl (C=O) groups is 3. The van der Waals surface area contributed by atoms with Gasteiger partial charge in [-0.05, 0) is 196 Å². The van der Waals surface area contributed by atoms with Crippen molar-refractivity contribution in [1.29, 1.82) is 0 Å². The minimum absolute atomic E-state index is 0.0199. The molecule has 0 spiro atoms. The highest BCUT2D eigenvalue weighted by Crippen LogP contribution is 2.25. The van der Waals surface area contributed by atoms with E-state index in [1.54, 1.807) is 34.3 Å². The van der Waals surface area contributed by atoms with E-state index in [2.05, 4.69) is 51.9 Å². The number of anilines is 3. The summed E-state index contributed by atoms with van der Waals surface area (Å²) in [6.07, 6.45) is 10.4. The van der Waals surface area contributed by atoms with Gasteiger partial charge in [-0.25, -0.2) is 34.5 Å². The topological polar surface area (TPSA) is 219 Å². The Balaban J connectivity index is 0.000000202. The Bertz CT molecular complexity index is 2540. The first-order valence-electron chi connectivity index (χ1n) is 25.8. The van der Waals surface area contributed by atoms with E-state index in [-0.39, 0.29) is 34.7 Å². The standard InChI is InChI=1S/C24H29N5O.C15H23ClN4O2.C11H22N2O2.C4H2Cl2N2/c1-17(2)27-24-26-14-11-22(28-24)29(16-18-9-12-25-13-10-18)23(30)21-8-7-19-5-3-4-6-20(19)15-21;1-15(2,3)22-14(21)20-8-5-11(6-9-20)10-18-12-4-7-17-13(16)19-12;1-11(2,3)15-10(14)13-6-4-9(8-12)5-7-13;5-3-1-2-7-4(6)8-3/h3-8,11,14-15,17-18,25H,9-10,12-13,16H2,1-2H3,(H,26,27,28);4,7,11H,5-6,8-10H2,1-3H3,(H,17,18,19);9H,4-8,12H2,1-3H3;1-2H. The molecular weight excluding hydrogens is 1020 g/mol. The Morgan fingerprint density at radius 2 is 1.27 bits per heavy atom. The number of nitrogens with two attached hydrogens (primary N) is 1. The number of rotatable bonds is 10. The van der Waals surface area contributed by atoms with Gasteiger partial charge in [0, 0.05) is 69.5 Å². The van der Waals surface area contributed by atoms with Gasteiger partial charge in [0.1, 0.15) is 28.0 Å². The summed E-state index contributed by atoms with van der Waals surface area (Å²) < 4.78 is 10.7. The fourth-order valence-electron chi connectivity index (χ4n) is 8.23. The van der Waals surface area contributed by atoms with Crippen molar-refractivity contribution in [3.63, 3.8) is 0 Å². The zero-order valence-electron chi connectivity index (χ0n) is 44.7. The number of nitrogens with zero attached hydrogens (tertiary/aromatic N) is 9. The number of carbonyl (C=O) groups excluding carboxylic acids is 3. The van der Waals surface area contributed by atoms with Gasteiger partial charge in [0.15, 0.2) is 0 Å². The van der Waals surface area contributed by atoms with Crippen LogP contribution in [-0.2, 0) is 9.47 Å². The molecule has 3 amide bonds. The second-order valence-electron chi connectivity index (χ2n) is 21.0. The van der Waals surface area contributed by atoms with Crippen LogP contribution in [0.5, 0.6) is 0 Å². The average Bonchev–Trinajstić information content (AvgIpc) is 3.37. The van der Waals surface area contributed by atoms with E-state index in [1.165, 1.54) is 6.20 Å². The summed E-state index contributed by atoms with van der Waals surface area (Å²) in [7, 11) is 0. The molecule has 21 heteroatoms. The lowest BCUT2D eigenvalue weighted by Gasteiger charge is -2.33. The van der Waals surface area contributed by atoms with Crippen molar-refractivity contribution in [2.75, 3.05) is 74.4 Å². The Kier molecular flexibility index (Phi) is 23.8. The van der Waals surface area contributed by atoms with Crippen LogP contribution in [0.3, 0.4) is 0 Å². The number of amides is 3. The minimum atomic E-state index is -0.443. The first-order valence-corrected chi connectivity index (χ1v) is 26.9. The first-order chi connectivity index (χ1) is 35.6. The molecule has 0 radical (unpaired) electrons. The van der Waals surface area contributed by atoms with Crippen LogP contribution < -0.4 is 26.6 Å². The maximum absolute atomic E-state index is 13.6. The van der Waals surface area contributed by atoms with Crippen LogP contribution in [0.15, 0.2) is 79.3 Å². The predicted octanol–water partition coefficient (Wildman–Crippen LogP) is 10.7. The molecule has 8 rings (SSSR count). The van der Waals surface area contributed by atoms with Crippen molar-refractivity contribution in [3.05, 3.63) is 101 Å². The van der Waals surface area contributed by atoms with Crippen LogP contribution in [-0.4, -0.2) is 134 Å². The fourth-order valence-corrected chi connectivity index (χ4v) is 8.70. The molecule has 18 nitrogen and oxygen atoms in total. The number of ether oxygens (including phenoxy) is 2. The normalized spacial score (nSPS) is 15.5. The molecule has 0 unspecified atom stereocenters. The summed E-state index contributed by atoms with van der Waals surface area (Å²) in [6.45, 7) is 22.6. The van der Waals surface area contributed by atoms with Gasteiger partial charge in [0.05, 0.1) is 0 Å². The molecule has 408 valence electrons. The predicted molar refractivity (Wildman–Crippen MR) is 300 cm³/mol. The summed E-state index contributed by atoms with van der Waals surface area (Å²) in [5, 5.41) is 12.9. The van der Waals surface area contributed by atoms with E-state index >= 15 is 0 Å². The van der Waals surface area contributed by atoms with E-state index in [0.29, 0.717) is 46.8 Å². The van der Waals surface area contributed by atoms with Crippen LogP contribution in [0.4, 0.5) is 27.2 Å². The lowest BCUT2D eigenvalue weighted by Crippen LogP contribution is -2.42. The van der Waals surface area contributed by atoms with Crippen molar-refractivity contribution >= 4 is 81.3 Å². The molecule has 3 fully saturated rings. The molecule has 0 bridgehead atoms. The Hall–Kier alpha value is -5.66. The van der Waals surface area contributed by atoms with Crippen molar-refractivity contribution in [2.24, 2.45) is 23.5 Å². The summed E-state index contributed by atoms with van der Waals surface area (Å²) in [6, 6.07) is 19.4. The molecule has 0 atom stereocenters. The van der Waals surface area contributed by atoms with Gasteiger partial charge >= 0.3 is 12.2 Å². The van der Waals surface area contributed by atoms with Crippen LogP contribution in [0.2, 0.25) is 15.7 Å². The molecule has 3 aliphatic heterocycles. The number of aromatic nitrogens is 6. The maximum Gasteiger partial charge on any atom is 0.410 e. The second-order valence-corrected chi connectivity index (χ2v) is 22.1. The number of benzene rings is 2. The SMILES string of the molecule is CC(C)(C)OC(=O)N1CCC(CN)CC1.CC(C)(C)OC(=O)N1CCC(CNc2ccnc(Cl)n2)CC1.CC(C)Nc1nccc(N(CC2CCNCC2)C(=O)c2ccc3ccccc3c2)n1.Clc1ccnc(Cl)n1. The second kappa shape index (κ2) is 29.6. The molecule has 6 heterocycles. The minimum Gasteiger partial charge on any atom is -0.444 e. The third-order valence-corrected chi connectivity index (χ3v) is 12.7. The Morgan fingerprint density at radius 3 is 1.80 bits per heavy atom. The van der Waals surface area contributed by atoms with Gasteiger partial charge in [-0.15, -0.1) is 0 Å². The Morgan fingerprint density at radius 1 is 0.707 bits per heavy atom. The van der Waals surface area contributed by atoms with Gasteiger partial charge in [0.2, 0.25) is 16.5 Å². The first kappa shape index (κ1) is 60.2. The molecule has 0 aliphatic carbocycles. The zero-order chi connectivity index (χ0) is 54.5. The fraction of sp³-hybridized carbons (Fsp3) is 0.537. The van der Waals surface area contributed by atoms with Gasteiger partial charge in [-0.3, -0.25) is 9.69 Å². The van der Waals surface area contributed by atoms with E-state index < -0.39 is 11.2 Å². The molecule has 5 aromatic rings. The van der Waals surface area contributed by atoms with Crippen molar-refractivity contribution < 1.29 is 23.9 Å². The van der Waals surface area contributed by atoms with Crippen molar-refractivity contribution in [3.8, 4) is 0 Å². The number of hydrogen-bond donors (Lipinski definition) is 4. The van der Waals surface area contributed by atoms with E-state index in [9.17, 15) is 14.4 Å². The lowest BCUT2D eigenvalue weighted by molar-refractivity contribution is 0.0177. The molecular formula is C54H76Cl3N13O5. The van der Waals surface area contributed by atoms with Crippen LogP contribution in [0, 0.1) is 17.8 Å². The van der Waals surface area contributed by atoms with Crippen molar-refractivity contribution in [1.82, 2.24) is 45.0 Å². The summed E-state index contributed by atoms with van der Waals surface area (Å²) >= 11 is 16.5. The number of likely N-dealkylation sites (tertiary alicyclic amines) is 2. The molecule has 2 aromatic carbocycles. The van der Waals surface area contributed by atoms with Gasteiger partial charge in [0.25, 0.3) is 5.91 Å². The van der Waals surface area contributed by atoms with Gasteiger partial charge in [-0.2, -0.15) is 4.98 Å². The summed E-state index contributed by atoms with van der Waals surface area (Å²) in [5.41, 5.74) is 5.43. The van der Waals surface area contributed by atoms with E-state index in [4.69, 9.17) is 50.0 Å². The molecule has 0 saturated carbocycles. The molecule has 3 saturated heterocycles. The van der Waals surface area contributed by atoms with Crippen LogP contribution >= 0.6 is 34.8 Å². The molecule has 75 heavy (non-hydrogen) atoms. The third kappa shape index (κ3) is 21.8. The quantitative estimate of drug-likeness (QED) is 0.0755. The monoisotopic (exact) mass is 1090 g/mol. The largest absolute Gasteiger partial charge is 0.444 e. The lowest BCUT2D eigenvalue weighted by atomic mass is 9.97. The highest BCUT2D eigenvalue weighted by Gasteiger charge is 2.29. The molecule has 3 aliphatic rings. The van der Waals surface area contributed by atoms with E-state index in [1.807, 2.05) is 103 Å². The van der Waals surface area contributed by atoms with Crippen molar-refractivity contribution in [2.45, 2.75) is 111 Å². The number of hydrogen-bond acceptors (Lipinski definition) is 15. The molecule has 3 aromatic heterocycles. The van der Waals surface area contributed by atoms with Crippen LogP contribution in [0.25, 0.3) is 10.8 Å². The summed E-state index contributed by atoms with van der Waals surface area (Å²) in [4.78, 5) is 66.8. The van der Waals surface area contributed by atoms with Crippen LogP contribution in [0.1, 0.15) is 104 Å². The van der Waals surface area contributed by atoms with Gasteiger partial charge in [-0.1, -0.05) is 41.9 Å². The zero-order valence-corrected chi connectivity index (χ0v) is 47.0. The summed E-state index contributed by atoms with van der Waals surface area (Å²) in [5.74, 6) is 3.43. The molecule has 5 N–H and O–H groups in total. The van der Waals surface area contributed by atoms with E-state index in [0.717, 1.165) is 107 Å². The maximum atomic E-state index is 13.6. The smallest absolute Gasteiger partial charge is 0.410 e. The number of fused-ring (bicyclic) bond motifs is 1. The number of halogens is 3. The van der Waals surface area contributed by atoms with Gasteiger partial charge < -0.3 is 41.0 Å². The third-order valence-electron chi connectivity index (χ3n) is 12.1. The Labute approximate surface area is 457 Å². The highest BCUT2D eigenvalue weighted by atomic mass is 35.5. The number of piperidine rings is 3. The number of nitrogens with one attached hydrogen (secondary N) is 3. The average molecular weight is 1090 g/mol. The highest BCUT2D eigenvalue weighted by molar-refractivity contribution is 6.31.